The molecule has 0 saturated heterocycles. The van der Waals surface area contributed by atoms with E-state index in [9.17, 15) is 9.90 Å². The fraction of sp³-hybridized carbons (Fsp3) is 0.533. The average Bonchev–Trinajstić information content (AvgIpc) is 2.39. The molecule has 0 heterocycles. The van der Waals surface area contributed by atoms with Crippen LogP contribution in [0, 0.1) is 0 Å². The Morgan fingerprint density at radius 1 is 1.33 bits per heavy atom. The molecular formula is C15H23NO2. The van der Waals surface area contributed by atoms with Crippen molar-refractivity contribution in [2.45, 2.75) is 38.6 Å². The van der Waals surface area contributed by atoms with Crippen molar-refractivity contribution in [2.75, 3.05) is 13.7 Å². The van der Waals surface area contributed by atoms with Gasteiger partial charge < -0.3 is 10.0 Å². The summed E-state index contributed by atoms with van der Waals surface area (Å²) in [5.41, 5.74) is 0.504. The molecule has 3 nitrogen and oxygen atoms in total. The zero-order valence-corrected chi connectivity index (χ0v) is 11.7. The number of carbonyl (C=O) groups excluding carboxylic acids is 1. The summed E-state index contributed by atoms with van der Waals surface area (Å²) in [4.78, 5) is 14.1. The molecule has 1 rings (SSSR count). The number of likely N-dealkylation sites (N-methyl/N-ethyl adjacent to an activating group) is 1. The molecule has 1 N–H and O–H groups in total. The Labute approximate surface area is 109 Å². The summed E-state index contributed by atoms with van der Waals surface area (Å²) in [6.45, 7) is 5.70. The molecule has 0 aromatic heterocycles. The molecule has 3 heteroatoms. The van der Waals surface area contributed by atoms with E-state index >= 15 is 0 Å². The zero-order chi connectivity index (χ0) is 13.8. The Balaban J connectivity index is 2.94. The van der Waals surface area contributed by atoms with Crippen LogP contribution < -0.4 is 0 Å². The Hall–Kier alpha value is -1.35. The van der Waals surface area contributed by atoms with Crippen molar-refractivity contribution in [3.05, 3.63) is 35.9 Å². The third kappa shape index (κ3) is 3.10. The Morgan fingerprint density at radius 2 is 1.89 bits per heavy atom. The number of hydrogen-bond donors (Lipinski definition) is 1. The highest BCUT2D eigenvalue weighted by atomic mass is 16.3. The van der Waals surface area contributed by atoms with Gasteiger partial charge in [0.2, 0.25) is 5.91 Å². The second kappa shape index (κ2) is 6.01. The number of amides is 1. The van der Waals surface area contributed by atoms with Crippen molar-refractivity contribution in [2.24, 2.45) is 0 Å². The first kappa shape index (κ1) is 14.7. The van der Waals surface area contributed by atoms with Gasteiger partial charge in [-0.2, -0.15) is 0 Å². The third-order valence-corrected chi connectivity index (χ3v) is 3.53. The van der Waals surface area contributed by atoms with Gasteiger partial charge in [-0.15, -0.1) is 0 Å². The molecule has 1 unspecified atom stereocenters. The van der Waals surface area contributed by atoms with Gasteiger partial charge >= 0.3 is 0 Å². The van der Waals surface area contributed by atoms with Crippen LogP contribution >= 0.6 is 0 Å². The minimum atomic E-state index is -0.528. The lowest BCUT2D eigenvalue weighted by Crippen LogP contribution is -2.49. The number of benzene rings is 1. The Morgan fingerprint density at radius 3 is 2.33 bits per heavy atom. The fourth-order valence-corrected chi connectivity index (χ4v) is 1.88. The number of aliphatic hydroxyl groups excluding tert-OH is 1. The van der Waals surface area contributed by atoms with Gasteiger partial charge in [-0.1, -0.05) is 37.3 Å². The monoisotopic (exact) mass is 249 g/mol. The van der Waals surface area contributed by atoms with E-state index in [1.165, 1.54) is 0 Å². The summed E-state index contributed by atoms with van der Waals surface area (Å²) in [6.07, 6.45) is 0.759. The molecule has 18 heavy (non-hydrogen) atoms. The van der Waals surface area contributed by atoms with Gasteiger partial charge in [0.15, 0.2) is 0 Å². The smallest absolute Gasteiger partial charge is 0.230 e. The van der Waals surface area contributed by atoms with Crippen LogP contribution in [0.2, 0.25) is 0 Å². The number of nitrogens with zero attached hydrogens (tertiary/aromatic N) is 1. The molecule has 0 spiro atoms. The van der Waals surface area contributed by atoms with Gasteiger partial charge in [0.25, 0.3) is 0 Å². The van der Waals surface area contributed by atoms with Crippen molar-refractivity contribution >= 4 is 5.91 Å². The van der Waals surface area contributed by atoms with E-state index in [0.717, 1.165) is 12.0 Å². The quantitative estimate of drug-likeness (QED) is 0.870. The van der Waals surface area contributed by atoms with Crippen molar-refractivity contribution < 1.29 is 9.90 Å². The molecular weight excluding hydrogens is 226 g/mol. The third-order valence-electron chi connectivity index (χ3n) is 3.53. The molecule has 0 aliphatic rings. The average molecular weight is 249 g/mol. The highest BCUT2D eigenvalue weighted by Crippen LogP contribution is 2.24. The number of rotatable bonds is 5. The minimum absolute atomic E-state index is 0.0412. The van der Waals surface area contributed by atoms with Gasteiger partial charge in [-0.05, 0) is 25.8 Å². The Bertz CT molecular complexity index is 387. The maximum atomic E-state index is 12.5. The van der Waals surface area contributed by atoms with Crippen LogP contribution in [0.4, 0.5) is 0 Å². The van der Waals surface area contributed by atoms with Gasteiger partial charge in [0.1, 0.15) is 0 Å². The summed E-state index contributed by atoms with van der Waals surface area (Å²) in [7, 11) is 1.75. The molecule has 1 amide bonds. The SMILES string of the molecule is CCC(C(=O)N(C)C(C)(C)CO)c1ccccc1. The minimum Gasteiger partial charge on any atom is -0.394 e. The first-order valence-corrected chi connectivity index (χ1v) is 6.37. The summed E-state index contributed by atoms with van der Waals surface area (Å²) in [5, 5.41) is 9.34. The lowest BCUT2D eigenvalue weighted by Gasteiger charge is -2.36. The van der Waals surface area contributed by atoms with Crippen molar-refractivity contribution in [1.29, 1.82) is 0 Å². The fourth-order valence-electron chi connectivity index (χ4n) is 1.88. The van der Waals surface area contributed by atoms with Crippen molar-refractivity contribution in [3.8, 4) is 0 Å². The second-order valence-corrected chi connectivity index (χ2v) is 5.24. The lowest BCUT2D eigenvalue weighted by molar-refractivity contribution is -0.137. The number of aliphatic hydroxyl groups is 1. The predicted octanol–water partition coefficient (Wildman–Crippen LogP) is 2.41. The molecule has 1 aromatic rings. The van der Waals surface area contributed by atoms with Gasteiger partial charge in [0.05, 0.1) is 18.1 Å². The molecule has 0 fully saturated rings. The van der Waals surface area contributed by atoms with E-state index in [4.69, 9.17) is 0 Å². The zero-order valence-electron chi connectivity index (χ0n) is 11.7. The highest BCUT2D eigenvalue weighted by Gasteiger charge is 2.31. The largest absolute Gasteiger partial charge is 0.394 e. The normalized spacial score (nSPS) is 13.2. The molecule has 0 aliphatic carbocycles. The first-order chi connectivity index (χ1) is 8.44. The van der Waals surface area contributed by atoms with E-state index < -0.39 is 5.54 Å². The maximum absolute atomic E-state index is 12.5. The molecule has 0 saturated carbocycles. The molecule has 1 atom stereocenters. The van der Waals surface area contributed by atoms with Crippen LogP contribution in [0.15, 0.2) is 30.3 Å². The number of carbonyl (C=O) groups is 1. The van der Waals surface area contributed by atoms with E-state index in [1.807, 2.05) is 51.1 Å². The molecule has 0 bridgehead atoms. The van der Waals surface area contributed by atoms with Crippen LogP contribution in [-0.4, -0.2) is 35.1 Å². The second-order valence-electron chi connectivity index (χ2n) is 5.24. The number of hydrogen-bond acceptors (Lipinski definition) is 2. The molecule has 1 aromatic carbocycles. The van der Waals surface area contributed by atoms with E-state index in [2.05, 4.69) is 0 Å². The van der Waals surface area contributed by atoms with Crippen molar-refractivity contribution in [1.82, 2.24) is 4.90 Å². The lowest BCUT2D eigenvalue weighted by atomic mass is 9.93. The predicted molar refractivity (Wildman–Crippen MR) is 73.4 cm³/mol. The highest BCUT2D eigenvalue weighted by molar-refractivity contribution is 5.84. The summed E-state index contributed by atoms with van der Waals surface area (Å²) in [5.74, 6) is -0.0789. The van der Waals surface area contributed by atoms with Crippen LogP contribution in [0.5, 0.6) is 0 Å². The summed E-state index contributed by atoms with van der Waals surface area (Å²) < 4.78 is 0. The molecule has 100 valence electrons. The van der Waals surface area contributed by atoms with Crippen molar-refractivity contribution in [3.63, 3.8) is 0 Å². The Kier molecular flexibility index (Phi) is 4.91. The van der Waals surface area contributed by atoms with Gasteiger partial charge in [0, 0.05) is 7.05 Å². The van der Waals surface area contributed by atoms with Crippen LogP contribution in [0.25, 0.3) is 0 Å². The van der Waals surface area contributed by atoms with E-state index in [1.54, 1.807) is 11.9 Å². The molecule has 0 aliphatic heterocycles. The van der Waals surface area contributed by atoms with E-state index in [0.29, 0.717) is 0 Å². The van der Waals surface area contributed by atoms with Gasteiger partial charge in [-0.25, -0.2) is 0 Å². The van der Waals surface area contributed by atoms with Crippen LogP contribution in [0.1, 0.15) is 38.7 Å². The van der Waals surface area contributed by atoms with Crippen LogP contribution in [-0.2, 0) is 4.79 Å². The summed E-state index contributed by atoms with van der Waals surface area (Å²) >= 11 is 0. The standard InChI is InChI=1S/C15H23NO2/c1-5-13(12-9-7-6-8-10-12)14(18)16(4)15(2,3)11-17/h6-10,13,17H,5,11H2,1-4H3. The van der Waals surface area contributed by atoms with E-state index in [-0.39, 0.29) is 18.4 Å². The maximum Gasteiger partial charge on any atom is 0.230 e. The van der Waals surface area contributed by atoms with Crippen LogP contribution in [0.3, 0.4) is 0 Å². The molecule has 0 radical (unpaired) electrons. The summed E-state index contributed by atoms with van der Waals surface area (Å²) in [6, 6.07) is 9.80. The topological polar surface area (TPSA) is 40.5 Å². The van der Waals surface area contributed by atoms with Gasteiger partial charge in [-0.3, -0.25) is 4.79 Å². The first-order valence-electron chi connectivity index (χ1n) is 6.37.